The molecule has 0 aliphatic rings. The molecular formula is C12H23N. The molecule has 1 nitrogen and oxygen atoms in total. The lowest BCUT2D eigenvalue weighted by molar-refractivity contribution is 0.746. The zero-order chi connectivity index (χ0) is 10.3. The van der Waals surface area contributed by atoms with Gasteiger partial charge in [0.25, 0.3) is 0 Å². The van der Waals surface area contributed by atoms with E-state index in [1.54, 1.807) is 0 Å². The molecule has 0 saturated heterocycles. The first-order valence-corrected chi connectivity index (χ1v) is 5.14. The number of allylic oxidation sites excluding steroid dienone is 2. The van der Waals surface area contributed by atoms with Crippen LogP contribution in [0.1, 0.15) is 34.1 Å². The van der Waals surface area contributed by atoms with Crippen molar-refractivity contribution < 1.29 is 0 Å². The fourth-order valence-electron chi connectivity index (χ4n) is 1.15. The van der Waals surface area contributed by atoms with E-state index < -0.39 is 0 Å². The Balaban J connectivity index is 4.56. The molecule has 1 heteroatoms. The molecule has 0 radical (unpaired) electrons. The zero-order valence-electron chi connectivity index (χ0n) is 9.65. The van der Waals surface area contributed by atoms with E-state index in [1.807, 2.05) is 7.05 Å². The predicted octanol–water partition coefficient (Wildman–Crippen LogP) is 3.14. The van der Waals surface area contributed by atoms with Gasteiger partial charge < -0.3 is 5.32 Å². The summed E-state index contributed by atoms with van der Waals surface area (Å²) in [4.78, 5) is 0. The summed E-state index contributed by atoms with van der Waals surface area (Å²) < 4.78 is 0. The van der Waals surface area contributed by atoms with Crippen LogP contribution in [0, 0.1) is 5.92 Å². The maximum Gasteiger partial charge on any atom is 0.0201 e. The SMILES string of the molecule is CC/C=C\C(CNC)=C(/C)C(C)C. The van der Waals surface area contributed by atoms with E-state index in [0.29, 0.717) is 5.92 Å². The van der Waals surface area contributed by atoms with Gasteiger partial charge in [0.15, 0.2) is 0 Å². The molecule has 1 N–H and O–H groups in total. The summed E-state index contributed by atoms with van der Waals surface area (Å²) in [5.74, 6) is 0.643. The summed E-state index contributed by atoms with van der Waals surface area (Å²) in [6.07, 6.45) is 5.57. The second-order valence-electron chi connectivity index (χ2n) is 3.70. The minimum Gasteiger partial charge on any atom is -0.316 e. The van der Waals surface area contributed by atoms with E-state index in [9.17, 15) is 0 Å². The second-order valence-corrected chi connectivity index (χ2v) is 3.70. The van der Waals surface area contributed by atoms with E-state index in [-0.39, 0.29) is 0 Å². The van der Waals surface area contributed by atoms with Crippen molar-refractivity contribution in [1.29, 1.82) is 0 Å². The van der Waals surface area contributed by atoms with Crippen LogP contribution in [-0.2, 0) is 0 Å². The van der Waals surface area contributed by atoms with Crippen molar-refractivity contribution in [2.75, 3.05) is 13.6 Å². The van der Waals surface area contributed by atoms with Crippen molar-refractivity contribution in [1.82, 2.24) is 5.32 Å². The highest BCUT2D eigenvalue weighted by Crippen LogP contribution is 2.14. The highest BCUT2D eigenvalue weighted by Gasteiger charge is 2.01. The average molecular weight is 181 g/mol. The van der Waals surface area contributed by atoms with E-state index in [2.05, 4.69) is 45.2 Å². The molecule has 0 aliphatic heterocycles. The largest absolute Gasteiger partial charge is 0.316 e. The van der Waals surface area contributed by atoms with Gasteiger partial charge in [-0.1, -0.05) is 38.5 Å². The number of hydrogen-bond donors (Lipinski definition) is 1. The molecule has 0 fully saturated rings. The van der Waals surface area contributed by atoms with Gasteiger partial charge in [-0.05, 0) is 31.9 Å². The van der Waals surface area contributed by atoms with Gasteiger partial charge in [0.05, 0.1) is 0 Å². The quantitative estimate of drug-likeness (QED) is 0.642. The standard InChI is InChI=1S/C12H23N/c1-6-7-8-12(9-13-5)11(4)10(2)3/h7-8,10,13H,6,9H2,1-5H3/b8-7-,12-11-. The fraction of sp³-hybridized carbons (Fsp3) is 0.667. The minimum absolute atomic E-state index is 0.643. The van der Waals surface area contributed by atoms with Gasteiger partial charge in [-0.2, -0.15) is 0 Å². The maximum atomic E-state index is 3.20. The number of rotatable bonds is 5. The number of nitrogens with one attached hydrogen (secondary N) is 1. The van der Waals surface area contributed by atoms with Crippen LogP contribution in [0.4, 0.5) is 0 Å². The Bertz CT molecular complexity index is 187. The summed E-state index contributed by atoms with van der Waals surface area (Å²) in [6.45, 7) is 9.84. The van der Waals surface area contributed by atoms with Crippen LogP contribution < -0.4 is 5.32 Å². The first-order chi connectivity index (χ1) is 6.13. The molecule has 0 spiro atoms. The Kier molecular flexibility index (Phi) is 6.61. The first kappa shape index (κ1) is 12.4. The van der Waals surface area contributed by atoms with Crippen molar-refractivity contribution in [2.24, 2.45) is 5.92 Å². The van der Waals surface area contributed by atoms with Crippen LogP contribution in [0.2, 0.25) is 0 Å². The van der Waals surface area contributed by atoms with E-state index in [4.69, 9.17) is 0 Å². The van der Waals surface area contributed by atoms with Crippen molar-refractivity contribution in [3.8, 4) is 0 Å². The van der Waals surface area contributed by atoms with Crippen molar-refractivity contribution >= 4 is 0 Å². The van der Waals surface area contributed by atoms with Crippen LogP contribution in [0.25, 0.3) is 0 Å². The van der Waals surface area contributed by atoms with Crippen LogP contribution >= 0.6 is 0 Å². The molecular weight excluding hydrogens is 158 g/mol. The van der Waals surface area contributed by atoms with Crippen molar-refractivity contribution in [3.63, 3.8) is 0 Å². The van der Waals surface area contributed by atoms with Gasteiger partial charge in [0, 0.05) is 6.54 Å². The lowest BCUT2D eigenvalue weighted by atomic mass is 9.98. The Morgan fingerprint density at radius 2 is 2.00 bits per heavy atom. The van der Waals surface area contributed by atoms with Gasteiger partial charge in [-0.15, -0.1) is 0 Å². The van der Waals surface area contributed by atoms with Crippen LogP contribution in [0.15, 0.2) is 23.3 Å². The summed E-state index contributed by atoms with van der Waals surface area (Å²) in [5, 5.41) is 3.20. The minimum atomic E-state index is 0.643. The number of likely N-dealkylation sites (N-methyl/N-ethyl adjacent to an activating group) is 1. The van der Waals surface area contributed by atoms with Gasteiger partial charge >= 0.3 is 0 Å². The summed E-state index contributed by atoms with van der Waals surface area (Å²) in [6, 6.07) is 0. The zero-order valence-corrected chi connectivity index (χ0v) is 9.65. The Labute approximate surface area is 82.9 Å². The highest BCUT2D eigenvalue weighted by molar-refractivity contribution is 5.27. The number of hydrogen-bond acceptors (Lipinski definition) is 1. The summed E-state index contributed by atoms with van der Waals surface area (Å²) >= 11 is 0. The second kappa shape index (κ2) is 6.90. The van der Waals surface area contributed by atoms with Gasteiger partial charge in [-0.3, -0.25) is 0 Å². The normalized spacial score (nSPS) is 14.0. The van der Waals surface area contributed by atoms with Crippen LogP contribution in [-0.4, -0.2) is 13.6 Å². The van der Waals surface area contributed by atoms with E-state index >= 15 is 0 Å². The van der Waals surface area contributed by atoms with Crippen molar-refractivity contribution in [2.45, 2.75) is 34.1 Å². The molecule has 0 saturated carbocycles. The molecule has 0 amide bonds. The lowest BCUT2D eigenvalue weighted by Crippen LogP contribution is -2.12. The monoisotopic (exact) mass is 181 g/mol. The smallest absolute Gasteiger partial charge is 0.0201 e. The van der Waals surface area contributed by atoms with E-state index in [0.717, 1.165) is 13.0 Å². The molecule has 0 aromatic carbocycles. The molecule has 0 bridgehead atoms. The highest BCUT2D eigenvalue weighted by atomic mass is 14.8. The maximum absolute atomic E-state index is 3.20. The Morgan fingerprint density at radius 1 is 1.38 bits per heavy atom. The third-order valence-electron chi connectivity index (χ3n) is 2.29. The van der Waals surface area contributed by atoms with Crippen LogP contribution in [0.5, 0.6) is 0 Å². The predicted molar refractivity (Wildman–Crippen MR) is 60.9 cm³/mol. The van der Waals surface area contributed by atoms with E-state index in [1.165, 1.54) is 11.1 Å². The summed E-state index contributed by atoms with van der Waals surface area (Å²) in [5.41, 5.74) is 2.92. The molecule has 0 rings (SSSR count). The molecule has 76 valence electrons. The lowest BCUT2D eigenvalue weighted by Gasteiger charge is -2.11. The Morgan fingerprint density at radius 3 is 2.38 bits per heavy atom. The average Bonchev–Trinajstić information content (AvgIpc) is 2.11. The molecule has 0 aliphatic carbocycles. The molecule has 0 atom stereocenters. The van der Waals surface area contributed by atoms with Gasteiger partial charge in [0.2, 0.25) is 0 Å². The van der Waals surface area contributed by atoms with Gasteiger partial charge in [-0.25, -0.2) is 0 Å². The van der Waals surface area contributed by atoms with Gasteiger partial charge in [0.1, 0.15) is 0 Å². The molecule has 0 aromatic heterocycles. The van der Waals surface area contributed by atoms with Crippen molar-refractivity contribution in [3.05, 3.63) is 23.3 Å². The summed E-state index contributed by atoms with van der Waals surface area (Å²) in [7, 11) is 1.99. The topological polar surface area (TPSA) is 12.0 Å². The Hall–Kier alpha value is -0.560. The fourth-order valence-corrected chi connectivity index (χ4v) is 1.15. The molecule has 0 heterocycles. The third-order valence-corrected chi connectivity index (χ3v) is 2.29. The molecule has 0 unspecified atom stereocenters. The molecule has 13 heavy (non-hydrogen) atoms. The van der Waals surface area contributed by atoms with Crippen LogP contribution in [0.3, 0.4) is 0 Å². The first-order valence-electron chi connectivity index (χ1n) is 5.14. The molecule has 0 aromatic rings. The third kappa shape index (κ3) is 4.89.